The molecule has 0 radical (unpaired) electrons. The summed E-state index contributed by atoms with van der Waals surface area (Å²) in [5, 5.41) is 0.428. The number of hydrogen-bond donors (Lipinski definition) is 0. The minimum Gasteiger partial charge on any atom is -0.207 e. The van der Waals surface area contributed by atoms with Crippen LogP contribution in [-0.2, 0) is 16.6 Å². The molecule has 2 aromatic carbocycles. The van der Waals surface area contributed by atoms with E-state index < -0.39 is 21.7 Å². The lowest BCUT2D eigenvalue weighted by Gasteiger charge is -2.17. The summed E-state index contributed by atoms with van der Waals surface area (Å²) in [7, 11) is -2.35. The van der Waals surface area contributed by atoms with Gasteiger partial charge in [-0.2, -0.15) is 4.31 Å². The normalized spacial score (nSPS) is 11.9. The Morgan fingerprint density at radius 2 is 1.67 bits per heavy atom. The summed E-state index contributed by atoms with van der Waals surface area (Å²) in [6.07, 6.45) is 0. The molecule has 0 saturated heterocycles. The van der Waals surface area contributed by atoms with Gasteiger partial charge in [-0.25, -0.2) is 17.2 Å². The van der Waals surface area contributed by atoms with Gasteiger partial charge in [0.25, 0.3) is 0 Å². The van der Waals surface area contributed by atoms with Gasteiger partial charge in [-0.05, 0) is 42.0 Å². The highest BCUT2D eigenvalue weighted by molar-refractivity contribution is 7.89. The van der Waals surface area contributed by atoms with Gasteiger partial charge in [0.05, 0.1) is 4.90 Å². The second-order valence-electron chi connectivity index (χ2n) is 4.46. The quantitative estimate of drug-likeness (QED) is 0.860. The number of nitrogens with zero attached hydrogens (tertiary/aromatic N) is 1. The van der Waals surface area contributed by atoms with E-state index >= 15 is 0 Å². The van der Waals surface area contributed by atoms with Gasteiger partial charge < -0.3 is 0 Å². The van der Waals surface area contributed by atoms with Gasteiger partial charge >= 0.3 is 0 Å². The zero-order valence-electron chi connectivity index (χ0n) is 11.1. The molecule has 0 atom stereocenters. The van der Waals surface area contributed by atoms with Gasteiger partial charge in [-0.15, -0.1) is 0 Å². The van der Waals surface area contributed by atoms with Crippen molar-refractivity contribution in [2.75, 3.05) is 7.05 Å². The maximum atomic E-state index is 13.1. The van der Waals surface area contributed by atoms with Crippen LogP contribution in [0, 0.1) is 11.6 Å². The van der Waals surface area contributed by atoms with Crippen molar-refractivity contribution >= 4 is 21.6 Å². The molecule has 0 aromatic heterocycles. The highest BCUT2D eigenvalue weighted by atomic mass is 35.5. The van der Waals surface area contributed by atoms with E-state index in [4.69, 9.17) is 11.6 Å². The molecule has 0 unspecified atom stereocenters. The minimum atomic E-state index is -3.72. The van der Waals surface area contributed by atoms with Crippen molar-refractivity contribution in [2.45, 2.75) is 11.4 Å². The molecule has 0 saturated carbocycles. The standard InChI is InChI=1S/C14H12ClF2NO2S/c1-18(9-10-2-7-13(16)14(17)8-10)21(19,20)12-5-3-11(15)4-6-12/h2-8H,9H2,1H3. The molecular formula is C14H12ClF2NO2S. The molecule has 2 aromatic rings. The first-order valence-electron chi connectivity index (χ1n) is 5.96. The SMILES string of the molecule is CN(Cc1ccc(F)c(F)c1)S(=O)(=O)c1ccc(Cl)cc1. The minimum absolute atomic E-state index is 0.0673. The van der Waals surface area contributed by atoms with Gasteiger partial charge in [0, 0.05) is 18.6 Å². The summed E-state index contributed by atoms with van der Waals surface area (Å²) in [6.45, 7) is -0.0673. The van der Waals surface area contributed by atoms with Crippen molar-refractivity contribution in [2.24, 2.45) is 0 Å². The van der Waals surface area contributed by atoms with E-state index in [2.05, 4.69) is 0 Å². The van der Waals surface area contributed by atoms with Crippen LogP contribution in [0.2, 0.25) is 5.02 Å². The van der Waals surface area contributed by atoms with Crippen molar-refractivity contribution in [3.05, 3.63) is 64.7 Å². The molecule has 0 fully saturated rings. The molecule has 0 heterocycles. The van der Waals surface area contributed by atoms with E-state index in [1.54, 1.807) is 0 Å². The first kappa shape index (κ1) is 15.9. The molecule has 0 amide bonds. The monoisotopic (exact) mass is 331 g/mol. The molecule has 3 nitrogen and oxygen atoms in total. The Labute approximate surface area is 126 Å². The maximum absolute atomic E-state index is 13.1. The van der Waals surface area contributed by atoms with Crippen LogP contribution in [0.4, 0.5) is 8.78 Å². The third-order valence-corrected chi connectivity index (χ3v) is 4.98. The first-order chi connectivity index (χ1) is 9.80. The molecule has 7 heteroatoms. The van der Waals surface area contributed by atoms with Crippen molar-refractivity contribution in [3.8, 4) is 0 Å². The fraction of sp³-hybridized carbons (Fsp3) is 0.143. The molecule has 21 heavy (non-hydrogen) atoms. The summed E-state index contributed by atoms with van der Waals surface area (Å²) in [4.78, 5) is 0.0805. The summed E-state index contributed by atoms with van der Waals surface area (Å²) in [5.74, 6) is -1.98. The van der Waals surface area contributed by atoms with E-state index in [-0.39, 0.29) is 11.4 Å². The van der Waals surface area contributed by atoms with Gasteiger partial charge in [-0.1, -0.05) is 17.7 Å². The van der Waals surface area contributed by atoms with Crippen LogP contribution in [0.3, 0.4) is 0 Å². The first-order valence-corrected chi connectivity index (χ1v) is 7.78. The van der Waals surface area contributed by atoms with Crippen LogP contribution >= 0.6 is 11.6 Å². The lowest BCUT2D eigenvalue weighted by molar-refractivity contribution is 0.462. The zero-order valence-corrected chi connectivity index (χ0v) is 12.6. The molecule has 2 rings (SSSR count). The van der Waals surface area contributed by atoms with Gasteiger partial charge in [0.2, 0.25) is 10.0 Å². The zero-order chi connectivity index (χ0) is 15.6. The van der Waals surface area contributed by atoms with Crippen LogP contribution in [0.5, 0.6) is 0 Å². The second kappa shape index (κ2) is 6.09. The van der Waals surface area contributed by atoms with E-state index in [1.165, 1.54) is 37.4 Å². The van der Waals surface area contributed by atoms with E-state index in [9.17, 15) is 17.2 Å². The predicted octanol–water partition coefficient (Wildman–Crippen LogP) is 3.44. The molecule has 0 aliphatic rings. The number of sulfonamides is 1. The van der Waals surface area contributed by atoms with Crippen molar-refractivity contribution < 1.29 is 17.2 Å². The molecule has 112 valence electrons. The Morgan fingerprint density at radius 3 is 2.24 bits per heavy atom. The highest BCUT2D eigenvalue weighted by Gasteiger charge is 2.21. The predicted molar refractivity (Wildman–Crippen MR) is 76.5 cm³/mol. The summed E-state index contributed by atoms with van der Waals surface area (Å²) >= 11 is 5.72. The van der Waals surface area contributed by atoms with Crippen molar-refractivity contribution in [1.82, 2.24) is 4.31 Å². The lowest BCUT2D eigenvalue weighted by atomic mass is 10.2. The number of benzene rings is 2. The summed E-state index contributed by atoms with van der Waals surface area (Å²) in [6, 6.07) is 9.00. The van der Waals surface area contributed by atoms with Crippen LogP contribution in [-0.4, -0.2) is 19.8 Å². The van der Waals surface area contributed by atoms with Crippen LogP contribution in [0.25, 0.3) is 0 Å². The molecule has 0 aliphatic heterocycles. The van der Waals surface area contributed by atoms with Gasteiger partial charge in [0.1, 0.15) is 0 Å². The van der Waals surface area contributed by atoms with E-state index in [1.807, 2.05) is 0 Å². The average molecular weight is 332 g/mol. The average Bonchev–Trinajstić information content (AvgIpc) is 2.43. The Kier molecular flexibility index (Phi) is 4.61. The number of rotatable bonds is 4. The van der Waals surface area contributed by atoms with Crippen LogP contribution < -0.4 is 0 Å². The Balaban J connectivity index is 2.24. The highest BCUT2D eigenvalue weighted by Crippen LogP contribution is 2.19. The van der Waals surface area contributed by atoms with E-state index in [0.717, 1.165) is 16.4 Å². The lowest BCUT2D eigenvalue weighted by Crippen LogP contribution is -2.26. The Bertz CT molecular complexity index is 748. The van der Waals surface area contributed by atoms with Gasteiger partial charge in [0.15, 0.2) is 11.6 Å². The fourth-order valence-electron chi connectivity index (χ4n) is 1.77. The third-order valence-electron chi connectivity index (χ3n) is 2.91. The molecule has 0 spiro atoms. The van der Waals surface area contributed by atoms with Crippen LogP contribution in [0.1, 0.15) is 5.56 Å². The molecular weight excluding hydrogens is 320 g/mol. The second-order valence-corrected chi connectivity index (χ2v) is 6.94. The van der Waals surface area contributed by atoms with Crippen molar-refractivity contribution in [3.63, 3.8) is 0 Å². The molecule has 0 N–H and O–H groups in total. The number of halogens is 3. The topological polar surface area (TPSA) is 37.4 Å². The van der Waals surface area contributed by atoms with Gasteiger partial charge in [-0.3, -0.25) is 0 Å². The molecule has 0 bridgehead atoms. The van der Waals surface area contributed by atoms with Crippen molar-refractivity contribution in [1.29, 1.82) is 0 Å². The Hall–Kier alpha value is -1.50. The smallest absolute Gasteiger partial charge is 0.207 e. The largest absolute Gasteiger partial charge is 0.243 e. The molecule has 0 aliphatic carbocycles. The Morgan fingerprint density at radius 1 is 1.05 bits per heavy atom. The fourth-order valence-corrected chi connectivity index (χ4v) is 3.05. The summed E-state index contributed by atoms with van der Waals surface area (Å²) < 4.78 is 51.7. The van der Waals surface area contributed by atoms with Crippen LogP contribution in [0.15, 0.2) is 47.4 Å². The number of hydrogen-bond acceptors (Lipinski definition) is 2. The third kappa shape index (κ3) is 3.58. The van der Waals surface area contributed by atoms with E-state index in [0.29, 0.717) is 10.6 Å². The maximum Gasteiger partial charge on any atom is 0.243 e. The summed E-state index contributed by atoms with van der Waals surface area (Å²) in [5.41, 5.74) is 0.355.